The summed E-state index contributed by atoms with van der Waals surface area (Å²) in [5.74, 6) is -0.176. The lowest BCUT2D eigenvalue weighted by molar-refractivity contribution is 0.613. The standard InChI is InChI=1S/C13H10BrFIN/c14-11-7-10(5-6-13(11)16)17-8-9-3-1-2-4-12(9)15/h1-7,17H,8H2. The lowest BCUT2D eigenvalue weighted by Crippen LogP contribution is -2.01. The van der Waals surface area contributed by atoms with Crippen LogP contribution in [-0.2, 0) is 6.54 Å². The molecule has 0 bridgehead atoms. The maximum absolute atomic E-state index is 13.4. The van der Waals surface area contributed by atoms with E-state index >= 15 is 0 Å². The van der Waals surface area contributed by atoms with Gasteiger partial charge in [0.25, 0.3) is 0 Å². The van der Waals surface area contributed by atoms with E-state index in [4.69, 9.17) is 0 Å². The van der Waals surface area contributed by atoms with E-state index < -0.39 is 0 Å². The second-order valence-corrected chi connectivity index (χ2v) is 5.59. The van der Waals surface area contributed by atoms with Crippen molar-refractivity contribution in [2.24, 2.45) is 0 Å². The van der Waals surface area contributed by atoms with E-state index in [-0.39, 0.29) is 5.82 Å². The zero-order valence-corrected chi connectivity index (χ0v) is 12.6. The molecule has 0 atom stereocenters. The topological polar surface area (TPSA) is 12.0 Å². The van der Waals surface area contributed by atoms with Gasteiger partial charge in [-0.1, -0.05) is 18.2 Å². The molecule has 17 heavy (non-hydrogen) atoms. The van der Waals surface area contributed by atoms with Crippen molar-refractivity contribution in [2.45, 2.75) is 6.54 Å². The number of hydrogen-bond donors (Lipinski definition) is 1. The SMILES string of the molecule is Fc1ccccc1CNc1ccc(I)c(Br)c1. The third-order valence-corrected chi connectivity index (χ3v) is 4.70. The molecule has 88 valence electrons. The zero-order valence-electron chi connectivity index (χ0n) is 8.88. The maximum Gasteiger partial charge on any atom is 0.128 e. The first-order valence-corrected chi connectivity index (χ1v) is 6.96. The Kier molecular flexibility index (Phi) is 4.39. The van der Waals surface area contributed by atoms with Gasteiger partial charge in [-0.2, -0.15) is 0 Å². The van der Waals surface area contributed by atoms with Crippen LogP contribution >= 0.6 is 38.5 Å². The van der Waals surface area contributed by atoms with Gasteiger partial charge in [-0.05, 0) is 62.8 Å². The molecule has 2 aromatic rings. The molecule has 0 saturated heterocycles. The minimum atomic E-state index is -0.176. The van der Waals surface area contributed by atoms with Crippen molar-refractivity contribution in [3.05, 3.63) is 61.9 Å². The molecule has 4 heteroatoms. The molecule has 0 heterocycles. The predicted molar refractivity (Wildman–Crippen MR) is 80.6 cm³/mol. The fraction of sp³-hybridized carbons (Fsp3) is 0.0769. The van der Waals surface area contributed by atoms with E-state index in [2.05, 4.69) is 43.8 Å². The van der Waals surface area contributed by atoms with Crippen LogP contribution in [0.15, 0.2) is 46.9 Å². The van der Waals surface area contributed by atoms with E-state index in [0.717, 1.165) is 13.7 Å². The minimum absolute atomic E-state index is 0.176. The van der Waals surface area contributed by atoms with Crippen LogP contribution in [0.3, 0.4) is 0 Å². The van der Waals surface area contributed by atoms with Crippen LogP contribution in [0.1, 0.15) is 5.56 Å². The molecule has 2 rings (SSSR count). The molecule has 0 aliphatic carbocycles. The van der Waals surface area contributed by atoms with E-state index in [1.807, 2.05) is 24.3 Å². The maximum atomic E-state index is 13.4. The van der Waals surface area contributed by atoms with Crippen molar-refractivity contribution in [3.63, 3.8) is 0 Å². The van der Waals surface area contributed by atoms with Crippen LogP contribution in [0.4, 0.5) is 10.1 Å². The van der Waals surface area contributed by atoms with Crippen molar-refractivity contribution in [1.29, 1.82) is 0 Å². The number of halogens is 3. The molecule has 0 fully saturated rings. The van der Waals surface area contributed by atoms with Gasteiger partial charge in [-0.25, -0.2) is 4.39 Å². The Morgan fingerprint density at radius 1 is 1.18 bits per heavy atom. The molecule has 0 unspecified atom stereocenters. The van der Waals surface area contributed by atoms with Crippen molar-refractivity contribution < 1.29 is 4.39 Å². The van der Waals surface area contributed by atoms with Crippen LogP contribution in [0, 0.1) is 9.39 Å². The molecule has 0 amide bonds. The zero-order chi connectivity index (χ0) is 12.3. The number of nitrogens with one attached hydrogen (secondary N) is 1. The molecule has 1 N–H and O–H groups in total. The van der Waals surface area contributed by atoms with E-state index in [1.54, 1.807) is 12.1 Å². The molecule has 0 radical (unpaired) electrons. The highest BCUT2D eigenvalue weighted by molar-refractivity contribution is 14.1. The Labute approximate surface area is 122 Å². The average molecular weight is 406 g/mol. The van der Waals surface area contributed by atoms with Crippen molar-refractivity contribution in [3.8, 4) is 0 Å². The highest BCUT2D eigenvalue weighted by Crippen LogP contribution is 2.23. The van der Waals surface area contributed by atoms with Crippen molar-refractivity contribution in [1.82, 2.24) is 0 Å². The summed E-state index contributed by atoms with van der Waals surface area (Å²) in [6.45, 7) is 0.486. The quantitative estimate of drug-likeness (QED) is 0.723. The second-order valence-electron chi connectivity index (χ2n) is 3.57. The number of rotatable bonds is 3. The minimum Gasteiger partial charge on any atom is -0.381 e. The Morgan fingerprint density at radius 2 is 1.94 bits per heavy atom. The summed E-state index contributed by atoms with van der Waals surface area (Å²) < 4.78 is 15.6. The third kappa shape index (κ3) is 3.42. The lowest BCUT2D eigenvalue weighted by Gasteiger charge is -2.08. The highest BCUT2D eigenvalue weighted by Gasteiger charge is 2.01. The fourth-order valence-electron chi connectivity index (χ4n) is 1.45. The van der Waals surface area contributed by atoms with Gasteiger partial charge >= 0.3 is 0 Å². The van der Waals surface area contributed by atoms with Gasteiger partial charge in [0.1, 0.15) is 5.82 Å². The van der Waals surface area contributed by atoms with Gasteiger partial charge < -0.3 is 5.32 Å². The lowest BCUT2D eigenvalue weighted by atomic mass is 10.2. The fourth-order valence-corrected chi connectivity index (χ4v) is 2.16. The summed E-state index contributed by atoms with van der Waals surface area (Å²) in [5.41, 5.74) is 1.64. The first-order valence-electron chi connectivity index (χ1n) is 5.09. The number of benzene rings is 2. The van der Waals surface area contributed by atoms with Gasteiger partial charge in [-0.15, -0.1) is 0 Å². The summed E-state index contributed by atoms with van der Waals surface area (Å²) in [7, 11) is 0. The third-order valence-electron chi connectivity index (χ3n) is 2.36. The van der Waals surface area contributed by atoms with Gasteiger partial charge in [0, 0.05) is 25.8 Å². The summed E-state index contributed by atoms with van der Waals surface area (Å²) in [5, 5.41) is 3.20. The van der Waals surface area contributed by atoms with Crippen LogP contribution in [0.2, 0.25) is 0 Å². The molecule has 1 nitrogen and oxygen atoms in total. The van der Waals surface area contributed by atoms with Crippen LogP contribution in [0.25, 0.3) is 0 Å². The normalized spacial score (nSPS) is 10.3. The summed E-state index contributed by atoms with van der Waals surface area (Å²) in [4.78, 5) is 0. The first-order chi connectivity index (χ1) is 8.16. The summed E-state index contributed by atoms with van der Waals surface area (Å²) >= 11 is 5.72. The smallest absolute Gasteiger partial charge is 0.128 e. The van der Waals surface area contributed by atoms with E-state index in [1.165, 1.54) is 6.07 Å². The average Bonchev–Trinajstić information content (AvgIpc) is 2.32. The number of anilines is 1. The molecule has 0 saturated carbocycles. The molecule has 0 spiro atoms. The Balaban J connectivity index is 2.08. The Hall–Kier alpha value is -0.620. The van der Waals surface area contributed by atoms with Gasteiger partial charge in [-0.3, -0.25) is 0 Å². The molecule has 0 aliphatic heterocycles. The van der Waals surface area contributed by atoms with E-state index in [9.17, 15) is 4.39 Å². The molecular formula is C13H10BrFIN. The first kappa shape index (κ1) is 12.8. The van der Waals surface area contributed by atoms with Gasteiger partial charge in [0.05, 0.1) is 0 Å². The van der Waals surface area contributed by atoms with Crippen LogP contribution in [-0.4, -0.2) is 0 Å². The van der Waals surface area contributed by atoms with Crippen LogP contribution in [0.5, 0.6) is 0 Å². The largest absolute Gasteiger partial charge is 0.381 e. The molecular weight excluding hydrogens is 396 g/mol. The molecule has 2 aromatic carbocycles. The van der Waals surface area contributed by atoms with Crippen molar-refractivity contribution >= 4 is 44.2 Å². The molecule has 0 aromatic heterocycles. The number of hydrogen-bond acceptors (Lipinski definition) is 1. The Morgan fingerprint density at radius 3 is 2.65 bits per heavy atom. The van der Waals surface area contributed by atoms with Gasteiger partial charge in [0.2, 0.25) is 0 Å². The molecule has 0 aliphatic rings. The van der Waals surface area contributed by atoms with E-state index in [0.29, 0.717) is 12.1 Å². The summed E-state index contributed by atoms with van der Waals surface area (Å²) in [6.07, 6.45) is 0. The second kappa shape index (κ2) is 5.82. The van der Waals surface area contributed by atoms with Crippen LogP contribution < -0.4 is 5.32 Å². The van der Waals surface area contributed by atoms with Crippen molar-refractivity contribution in [2.75, 3.05) is 5.32 Å². The summed E-state index contributed by atoms with van der Waals surface area (Å²) in [6, 6.07) is 12.8. The van der Waals surface area contributed by atoms with Gasteiger partial charge in [0.15, 0.2) is 0 Å². The highest BCUT2D eigenvalue weighted by atomic mass is 127. The predicted octanol–water partition coefficient (Wildman–Crippen LogP) is 4.80. The monoisotopic (exact) mass is 405 g/mol. The Bertz CT molecular complexity index is 531.